The minimum atomic E-state index is -0.806. The van der Waals surface area contributed by atoms with Crippen LogP contribution in [0.5, 0.6) is 0 Å². The summed E-state index contributed by atoms with van der Waals surface area (Å²) in [6, 6.07) is -0.285. The molecule has 1 fully saturated rings. The first-order valence-corrected chi connectivity index (χ1v) is 6.44. The molecule has 0 aromatic carbocycles. The van der Waals surface area contributed by atoms with Crippen molar-refractivity contribution < 1.29 is 14.7 Å². The Balaban J connectivity index is 2.19. The largest absolute Gasteiger partial charge is 0.481 e. The van der Waals surface area contributed by atoms with Gasteiger partial charge in [-0.2, -0.15) is 0 Å². The number of nitrogens with one attached hydrogen (secondary N) is 2. The van der Waals surface area contributed by atoms with Gasteiger partial charge in [0.2, 0.25) is 0 Å². The molecule has 2 amide bonds. The zero-order chi connectivity index (χ0) is 13.6. The average Bonchev–Trinajstić information content (AvgIpc) is 2.26. The summed E-state index contributed by atoms with van der Waals surface area (Å²) >= 11 is 0. The molecule has 0 aliphatic heterocycles. The summed E-state index contributed by atoms with van der Waals surface area (Å²) < 4.78 is 0. The summed E-state index contributed by atoms with van der Waals surface area (Å²) in [6.45, 7) is 4.56. The number of urea groups is 1. The molecule has 1 saturated carbocycles. The van der Waals surface area contributed by atoms with Crippen LogP contribution in [-0.4, -0.2) is 55.2 Å². The van der Waals surface area contributed by atoms with Gasteiger partial charge in [0.05, 0.1) is 5.41 Å². The minimum Gasteiger partial charge on any atom is -0.481 e. The van der Waals surface area contributed by atoms with Gasteiger partial charge >= 0.3 is 12.0 Å². The number of likely N-dealkylation sites (N-methyl/N-ethyl adjacent to an activating group) is 1. The van der Waals surface area contributed by atoms with E-state index in [2.05, 4.69) is 15.5 Å². The highest BCUT2D eigenvalue weighted by Crippen LogP contribution is 2.40. The molecule has 0 saturated heterocycles. The Kier molecular flexibility index (Phi) is 5.40. The highest BCUT2D eigenvalue weighted by molar-refractivity contribution is 5.78. The molecular formula is C12H23N3O3. The lowest BCUT2D eigenvalue weighted by molar-refractivity contribution is -0.153. The van der Waals surface area contributed by atoms with E-state index in [1.165, 1.54) is 0 Å². The number of hydrogen-bond acceptors (Lipinski definition) is 3. The summed E-state index contributed by atoms with van der Waals surface area (Å²) in [4.78, 5) is 24.7. The Morgan fingerprint density at radius 1 is 1.33 bits per heavy atom. The molecule has 0 heterocycles. The van der Waals surface area contributed by atoms with Crippen molar-refractivity contribution in [1.29, 1.82) is 0 Å². The van der Waals surface area contributed by atoms with E-state index < -0.39 is 11.4 Å². The Morgan fingerprint density at radius 2 is 2.00 bits per heavy atom. The van der Waals surface area contributed by atoms with Gasteiger partial charge < -0.3 is 20.6 Å². The minimum absolute atomic E-state index is 0.220. The van der Waals surface area contributed by atoms with Crippen molar-refractivity contribution in [2.45, 2.75) is 26.2 Å². The average molecular weight is 257 g/mol. The van der Waals surface area contributed by atoms with Gasteiger partial charge in [-0.3, -0.25) is 4.79 Å². The predicted molar refractivity (Wildman–Crippen MR) is 68.5 cm³/mol. The number of hydrogen-bond donors (Lipinski definition) is 3. The normalized spacial score (nSPS) is 17.1. The van der Waals surface area contributed by atoms with Crippen LogP contribution in [0, 0.1) is 5.41 Å². The van der Waals surface area contributed by atoms with Crippen LogP contribution in [0.2, 0.25) is 0 Å². The molecule has 0 bridgehead atoms. The second kappa shape index (κ2) is 6.58. The van der Waals surface area contributed by atoms with Gasteiger partial charge in [-0.1, -0.05) is 13.3 Å². The van der Waals surface area contributed by atoms with Gasteiger partial charge in [-0.15, -0.1) is 0 Å². The molecule has 1 rings (SSSR count). The van der Waals surface area contributed by atoms with Crippen molar-refractivity contribution in [3.63, 3.8) is 0 Å². The lowest BCUT2D eigenvalue weighted by Crippen LogP contribution is -2.50. The van der Waals surface area contributed by atoms with Gasteiger partial charge in [0, 0.05) is 19.6 Å². The third-order valence-corrected chi connectivity index (χ3v) is 3.67. The van der Waals surface area contributed by atoms with Gasteiger partial charge in [-0.05, 0) is 26.4 Å². The van der Waals surface area contributed by atoms with E-state index in [1.54, 1.807) is 0 Å². The van der Waals surface area contributed by atoms with E-state index in [0.29, 0.717) is 19.4 Å². The topological polar surface area (TPSA) is 81.7 Å². The highest BCUT2D eigenvalue weighted by atomic mass is 16.4. The van der Waals surface area contributed by atoms with Crippen molar-refractivity contribution in [3.8, 4) is 0 Å². The number of rotatable bonds is 7. The molecule has 3 N–H and O–H groups in total. The maximum Gasteiger partial charge on any atom is 0.314 e. The lowest BCUT2D eigenvalue weighted by atomic mass is 9.69. The molecule has 0 aromatic heterocycles. The predicted octanol–water partition coefficient (Wildman–Crippen LogP) is 0.492. The van der Waals surface area contributed by atoms with Crippen LogP contribution >= 0.6 is 0 Å². The molecular weight excluding hydrogens is 234 g/mol. The van der Waals surface area contributed by atoms with Crippen LogP contribution in [0.1, 0.15) is 26.2 Å². The van der Waals surface area contributed by atoms with Gasteiger partial charge in [-0.25, -0.2) is 4.79 Å². The molecule has 1 aliphatic rings. The summed E-state index contributed by atoms with van der Waals surface area (Å²) in [6.07, 6.45) is 2.24. The van der Waals surface area contributed by atoms with E-state index in [1.807, 2.05) is 14.0 Å². The number of carboxylic acid groups (broad SMARTS) is 1. The fourth-order valence-electron chi connectivity index (χ4n) is 1.90. The molecule has 1 aliphatic carbocycles. The monoisotopic (exact) mass is 257 g/mol. The number of nitrogens with zero attached hydrogens (tertiary/aromatic N) is 1. The van der Waals surface area contributed by atoms with Crippen LogP contribution in [0.3, 0.4) is 0 Å². The first-order valence-electron chi connectivity index (χ1n) is 6.44. The molecule has 0 aromatic rings. The SMILES string of the molecule is CCN(C)CCNC(=O)NCC1(C(=O)O)CCC1. The molecule has 0 radical (unpaired) electrons. The fraction of sp³-hybridized carbons (Fsp3) is 0.833. The van der Waals surface area contributed by atoms with E-state index in [9.17, 15) is 9.59 Å². The van der Waals surface area contributed by atoms with E-state index >= 15 is 0 Å². The highest BCUT2D eigenvalue weighted by Gasteiger charge is 2.44. The van der Waals surface area contributed by atoms with Crippen molar-refractivity contribution in [3.05, 3.63) is 0 Å². The number of amides is 2. The van der Waals surface area contributed by atoms with Crippen LogP contribution in [0.4, 0.5) is 4.79 Å². The Bertz CT molecular complexity index is 303. The second-order valence-electron chi connectivity index (χ2n) is 4.94. The molecule has 0 spiro atoms. The van der Waals surface area contributed by atoms with Crippen LogP contribution < -0.4 is 10.6 Å². The van der Waals surface area contributed by atoms with Gasteiger partial charge in [0.25, 0.3) is 0 Å². The number of carbonyl (C=O) groups is 2. The van der Waals surface area contributed by atoms with E-state index in [0.717, 1.165) is 19.5 Å². The second-order valence-corrected chi connectivity index (χ2v) is 4.94. The molecule has 6 nitrogen and oxygen atoms in total. The summed E-state index contributed by atoms with van der Waals surface area (Å²) in [5.41, 5.74) is -0.725. The van der Waals surface area contributed by atoms with Crippen molar-refractivity contribution >= 4 is 12.0 Å². The first kappa shape index (κ1) is 14.8. The standard InChI is InChI=1S/C12H23N3O3/c1-3-15(2)8-7-13-11(18)14-9-12(10(16)17)5-4-6-12/h3-9H2,1-2H3,(H,16,17)(H2,13,14,18). The molecule has 0 atom stereocenters. The quantitative estimate of drug-likeness (QED) is 0.620. The van der Waals surface area contributed by atoms with Gasteiger partial charge in [0.15, 0.2) is 0 Å². The van der Waals surface area contributed by atoms with E-state index in [4.69, 9.17) is 5.11 Å². The van der Waals surface area contributed by atoms with Crippen LogP contribution in [0.25, 0.3) is 0 Å². The Labute approximate surface area is 108 Å². The van der Waals surface area contributed by atoms with Crippen molar-refractivity contribution in [2.75, 3.05) is 33.2 Å². The lowest BCUT2D eigenvalue weighted by Gasteiger charge is -2.37. The smallest absolute Gasteiger partial charge is 0.314 e. The third kappa shape index (κ3) is 3.87. The molecule has 104 valence electrons. The first-order chi connectivity index (χ1) is 8.50. The van der Waals surface area contributed by atoms with Crippen molar-refractivity contribution in [1.82, 2.24) is 15.5 Å². The molecule has 0 unspecified atom stereocenters. The van der Waals surface area contributed by atoms with Crippen molar-refractivity contribution in [2.24, 2.45) is 5.41 Å². The van der Waals surface area contributed by atoms with Gasteiger partial charge in [0.1, 0.15) is 0 Å². The fourth-order valence-corrected chi connectivity index (χ4v) is 1.90. The zero-order valence-electron chi connectivity index (χ0n) is 11.2. The third-order valence-electron chi connectivity index (χ3n) is 3.67. The summed E-state index contributed by atoms with van der Waals surface area (Å²) in [5.74, 6) is -0.806. The number of carboxylic acids is 1. The van der Waals surface area contributed by atoms with Crippen LogP contribution in [0.15, 0.2) is 0 Å². The summed E-state index contributed by atoms with van der Waals surface area (Å²) in [5, 5.41) is 14.5. The Morgan fingerprint density at radius 3 is 2.44 bits per heavy atom. The number of carbonyl (C=O) groups excluding carboxylic acids is 1. The Hall–Kier alpha value is -1.30. The number of aliphatic carboxylic acids is 1. The summed E-state index contributed by atoms with van der Waals surface area (Å²) in [7, 11) is 1.98. The zero-order valence-corrected chi connectivity index (χ0v) is 11.2. The molecule has 18 heavy (non-hydrogen) atoms. The van der Waals surface area contributed by atoms with E-state index in [-0.39, 0.29) is 12.6 Å². The van der Waals surface area contributed by atoms with Crippen LogP contribution in [-0.2, 0) is 4.79 Å². The molecule has 6 heteroatoms. The maximum absolute atomic E-state index is 11.5. The maximum atomic E-state index is 11.5.